The number of hydrogen-bond acceptors (Lipinski definition) is 0. The van der Waals surface area contributed by atoms with Gasteiger partial charge in [0, 0.05) is 0 Å². The topological polar surface area (TPSA) is 0 Å². The van der Waals surface area contributed by atoms with Crippen molar-refractivity contribution in [2.24, 2.45) is 0 Å². The molecule has 1 heteroatoms. The van der Waals surface area contributed by atoms with Gasteiger partial charge in [-0.15, -0.1) is 4.44 Å². The summed E-state index contributed by atoms with van der Waals surface area (Å²) in [5.74, 6) is 0. The van der Waals surface area contributed by atoms with Gasteiger partial charge in [-0.05, 0) is 6.42 Å². The van der Waals surface area contributed by atoms with Gasteiger partial charge in [0.2, 0.25) is 0 Å². The molecule has 0 amide bonds. The largest absolute Gasteiger partial charge is 0.279 e. The molecule has 0 N–H and O–H groups in total. The first-order valence-corrected chi connectivity index (χ1v) is 6.82. The Labute approximate surface area is 81.5 Å². The summed E-state index contributed by atoms with van der Waals surface area (Å²) in [5.41, 5.74) is 0. The van der Waals surface area contributed by atoms with Gasteiger partial charge in [0.05, 0.1) is 0 Å². The van der Waals surface area contributed by atoms with Crippen molar-refractivity contribution in [2.75, 3.05) is 0 Å². The van der Waals surface area contributed by atoms with E-state index in [1.807, 2.05) is 4.44 Å². The second-order valence-electron chi connectivity index (χ2n) is 4.17. The van der Waals surface area contributed by atoms with Crippen molar-refractivity contribution in [1.82, 2.24) is 0 Å². The first kappa shape index (κ1) is 8.60. The van der Waals surface area contributed by atoms with Crippen molar-refractivity contribution in [3.05, 3.63) is 22.7 Å². The monoisotopic (exact) mass is 176 g/mol. The second kappa shape index (κ2) is 4.31. The molecule has 1 saturated carbocycles. The molecule has 0 nitrogen and oxygen atoms in total. The van der Waals surface area contributed by atoms with E-state index in [0.29, 0.717) is 0 Å². The van der Waals surface area contributed by atoms with Crippen LogP contribution < -0.4 is 0 Å². The molecular weight excluding hydrogens is 159 g/mol. The van der Waals surface area contributed by atoms with Crippen LogP contribution >= 0.6 is 0 Å². The Morgan fingerprint density at radius 1 is 1.17 bits per heavy atom. The Kier molecular flexibility index (Phi) is 3.09. The zero-order chi connectivity index (χ0) is 8.23. The fraction of sp³-hybridized carbons (Fsp3) is 0.636. The van der Waals surface area contributed by atoms with Crippen molar-refractivity contribution in [3.63, 3.8) is 0 Å². The summed E-state index contributed by atoms with van der Waals surface area (Å²) in [6.07, 6.45) is 15.8. The molecular formula is C11H17Al. The third-order valence-corrected chi connectivity index (χ3v) is 5.57. The Bertz CT molecular complexity index is 197. The molecule has 2 aliphatic carbocycles. The molecule has 64 valence electrons. The standard InChI is InChI=1S/C6H11.C5H5.Al.H/c1-2-4-6-5-3-1;1-2-4-5-3-1;;/h1H,2-6H2;1-3H,4H2;;. The van der Waals surface area contributed by atoms with Gasteiger partial charge in [0.25, 0.3) is 15.2 Å². The molecule has 0 spiro atoms. The van der Waals surface area contributed by atoms with E-state index in [0.717, 1.165) is 4.78 Å². The highest BCUT2D eigenvalue weighted by Gasteiger charge is 2.17. The highest BCUT2D eigenvalue weighted by molar-refractivity contribution is 6.47. The minimum Gasteiger partial charge on any atom is -0.132 e. The molecule has 2 rings (SSSR count). The molecule has 0 aliphatic heterocycles. The molecule has 0 heterocycles. The van der Waals surface area contributed by atoms with E-state index in [-0.39, 0.29) is 15.2 Å². The molecule has 0 atom stereocenters. The third-order valence-electron chi connectivity index (χ3n) is 3.12. The van der Waals surface area contributed by atoms with E-state index in [1.165, 1.54) is 25.7 Å². The van der Waals surface area contributed by atoms with E-state index in [4.69, 9.17) is 0 Å². The predicted octanol–water partition coefficient (Wildman–Crippen LogP) is 3.02. The Morgan fingerprint density at radius 3 is 2.67 bits per heavy atom. The molecule has 0 bridgehead atoms. The number of allylic oxidation sites excluding steroid dienone is 4. The zero-order valence-electron chi connectivity index (χ0n) is 7.76. The van der Waals surface area contributed by atoms with Crippen LogP contribution in [0.15, 0.2) is 22.7 Å². The van der Waals surface area contributed by atoms with Crippen molar-refractivity contribution < 1.29 is 0 Å². The molecule has 12 heavy (non-hydrogen) atoms. The number of rotatable bonds is 2. The summed E-state index contributed by atoms with van der Waals surface area (Å²) < 4.78 is 2.96. The van der Waals surface area contributed by atoms with Crippen LogP contribution in [-0.2, 0) is 0 Å². The van der Waals surface area contributed by atoms with Gasteiger partial charge in [-0.3, -0.25) is 0 Å². The first-order valence-electron chi connectivity index (χ1n) is 5.30. The molecule has 0 unspecified atom stereocenters. The maximum atomic E-state index is 2.38. The van der Waals surface area contributed by atoms with E-state index >= 15 is 0 Å². The van der Waals surface area contributed by atoms with Crippen molar-refractivity contribution in [2.45, 2.75) is 43.3 Å². The van der Waals surface area contributed by atoms with E-state index in [9.17, 15) is 0 Å². The van der Waals surface area contributed by atoms with Gasteiger partial charge in [-0.1, -0.05) is 55.1 Å². The molecule has 0 saturated heterocycles. The third kappa shape index (κ3) is 2.25. The normalized spacial score (nSPS) is 24.2. The first-order chi connectivity index (χ1) is 5.95. The summed E-state index contributed by atoms with van der Waals surface area (Å²) >= 11 is 0.141. The van der Waals surface area contributed by atoms with Gasteiger partial charge < -0.3 is 0 Å². The van der Waals surface area contributed by atoms with Crippen molar-refractivity contribution in [1.29, 1.82) is 0 Å². The summed E-state index contributed by atoms with van der Waals surface area (Å²) in [6.45, 7) is 0. The Hall–Kier alpha value is 0.0125. The lowest BCUT2D eigenvalue weighted by molar-refractivity contribution is 0.501. The lowest BCUT2D eigenvalue weighted by Gasteiger charge is -2.20. The highest BCUT2D eigenvalue weighted by atomic mass is 27.1. The zero-order valence-corrected chi connectivity index (χ0v) is 9.17. The summed E-state index contributed by atoms with van der Waals surface area (Å²) in [6, 6.07) is 0. The lowest BCUT2D eigenvalue weighted by atomic mass is 10.0. The SMILES string of the molecule is C1=CC[C]([AlH][CH]2CCCCC2)=C1. The Balaban J connectivity index is 1.78. The number of hydrogen-bond donors (Lipinski definition) is 0. The van der Waals surface area contributed by atoms with Crippen LogP contribution in [0.25, 0.3) is 0 Å². The van der Waals surface area contributed by atoms with Gasteiger partial charge >= 0.3 is 0 Å². The fourth-order valence-corrected chi connectivity index (χ4v) is 4.74. The van der Waals surface area contributed by atoms with E-state index in [1.54, 1.807) is 12.8 Å². The Morgan fingerprint density at radius 2 is 2.00 bits per heavy atom. The average Bonchev–Trinajstić information content (AvgIpc) is 2.59. The van der Waals surface area contributed by atoms with Crippen LogP contribution in [0.4, 0.5) is 0 Å². The maximum Gasteiger partial charge on any atom is 0.279 e. The summed E-state index contributed by atoms with van der Waals surface area (Å²) in [7, 11) is 0. The minimum absolute atomic E-state index is 0.141. The average molecular weight is 176 g/mol. The lowest BCUT2D eigenvalue weighted by Crippen LogP contribution is -2.09. The molecule has 0 radical (unpaired) electrons. The van der Waals surface area contributed by atoms with Gasteiger partial charge in [0.1, 0.15) is 0 Å². The van der Waals surface area contributed by atoms with Crippen molar-refractivity contribution >= 4 is 15.2 Å². The maximum absolute atomic E-state index is 2.38. The van der Waals surface area contributed by atoms with Crippen LogP contribution in [0.2, 0.25) is 4.78 Å². The van der Waals surface area contributed by atoms with Crippen LogP contribution in [0, 0.1) is 0 Å². The molecule has 0 aromatic carbocycles. The highest BCUT2D eigenvalue weighted by Crippen LogP contribution is 2.30. The van der Waals surface area contributed by atoms with E-state index < -0.39 is 0 Å². The summed E-state index contributed by atoms with van der Waals surface area (Å²) in [4.78, 5) is 0. The minimum atomic E-state index is 0.141. The molecule has 0 aromatic rings. The van der Waals surface area contributed by atoms with Gasteiger partial charge in [-0.25, -0.2) is 0 Å². The van der Waals surface area contributed by atoms with Crippen molar-refractivity contribution in [3.8, 4) is 0 Å². The summed E-state index contributed by atoms with van der Waals surface area (Å²) in [5, 5.41) is 0. The second-order valence-corrected chi connectivity index (χ2v) is 6.64. The fourth-order valence-electron chi connectivity index (χ4n) is 2.41. The molecule has 2 aliphatic rings. The van der Waals surface area contributed by atoms with Gasteiger partial charge in [-0.2, -0.15) is 0 Å². The molecule has 0 aromatic heterocycles. The van der Waals surface area contributed by atoms with Crippen LogP contribution in [0.1, 0.15) is 38.5 Å². The van der Waals surface area contributed by atoms with Crippen LogP contribution in [0.3, 0.4) is 0 Å². The van der Waals surface area contributed by atoms with E-state index in [2.05, 4.69) is 18.2 Å². The van der Waals surface area contributed by atoms with Crippen LogP contribution in [0.5, 0.6) is 0 Å². The van der Waals surface area contributed by atoms with Crippen LogP contribution in [-0.4, -0.2) is 15.2 Å². The smallest absolute Gasteiger partial charge is 0.132 e. The quantitative estimate of drug-likeness (QED) is 0.567. The predicted molar refractivity (Wildman–Crippen MR) is 55.8 cm³/mol. The molecule has 1 fully saturated rings. The van der Waals surface area contributed by atoms with Gasteiger partial charge in [0.15, 0.2) is 0 Å².